The molecule has 1 aliphatic heterocycles. The van der Waals surface area contributed by atoms with Gasteiger partial charge in [0, 0.05) is 12.0 Å². The Hall–Kier alpha value is -1.88. The topological polar surface area (TPSA) is 65.1 Å². The van der Waals surface area contributed by atoms with Crippen molar-refractivity contribution >= 4 is 11.9 Å². The quantitative estimate of drug-likeness (QED) is 0.433. The highest BCUT2D eigenvalue weighted by atomic mass is 16.6. The molecule has 1 heterocycles. The lowest BCUT2D eigenvalue weighted by molar-refractivity contribution is -0.146. The number of epoxide rings is 1. The van der Waals surface area contributed by atoms with Crippen LogP contribution < -0.4 is 4.74 Å². The van der Waals surface area contributed by atoms with Crippen LogP contribution in [0.15, 0.2) is 18.2 Å². The second-order valence-electron chi connectivity index (χ2n) is 7.18. The molecule has 5 heteroatoms. The fourth-order valence-corrected chi connectivity index (χ4v) is 2.22. The molecule has 0 aliphatic carbocycles. The van der Waals surface area contributed by atoms with Crippen molar-refractivity contribution in [2.75, 3.05) is 6.61 Å². The summed E-state index contributed by atoms with van der Waals surface area (Å²) in [5.41, 5.74) is 1.22. The molecule has 0 radical (unpaired) electrons. The van der Waals surface area contributed by atoms with Crippen molar-refractivity contribution in [3.05, 3.63) is 29.3 Å². The molecule has 2 rings (SSSR count). The Morgan fingerprint density at radius 2 is 1.92 bits per heavy atom. The highest BCUT2D eigenvalue weighted by Crippen LogP contribution is 2.43. The standard InChI is InChI=1S/C19H26O5/c1-12(2)8-17(20)22-10-14-6-7-15(19(5)11-23-19)16(9-14)24-18(21)13(3)4/h6-7,9,12-13H,8,10-11H2,1-5H3/t19-/m0/s1. The summed E-state index contributed by atoms with van der Waals surface area (Å²) in [6.07, 6.45) is 0.388. The lowest BCUT2D eigenvalue weighted by atomic mass is 9.99. The second kappa shape index (κ2) is 7.34. The monoisotopic (exact) mass is 334 g/mol. The zero-order valence-corrected chi connectivity index (χ0v) is 15.0. The van der Waals surface area contributed by atoms with Crippen molar-refractivity contribution in [3.63, 3.8) is 0 Å². The maximum Gasteiger partial charge on any atom is 0.313 e. The molecule has 0 amide bonds. The highest BCUT2D eigenvalue weighted by molar-refractivity contribution is 5.75. The maximum atomic E-state index is 12.0. The van der Waals surface area contributed by atoms with Crippen molar-refractivity contribution in [2.24, 2.45) is 11.8 Å². The van der Waals surface area contributed by atoms with E-state index in [4.69, 9.17) is 14.2 Å². The predicted octanol–water partition coefficient (Wildman–Crippen LogP) is 3.58. The van der Waals surface area contributed by atoms with E-state index in [1.165, 1.54) is 0 Å². The first-order valence-corrected chi connectivity index (χ1v) is 8.36. The summed E-state index contributed by atoms with van der Waals surface area (Å²) in [6, 6.07) is 5.50. The molecule has 5 nitrogen and oxygen atoms in total. The summed E-state index contributed by atoms with van der Waals surface area (Å²) in [4.78, 5) is 23.6. The van der Waals surface area contributed by atoms with E-state index in [1.807, 2.05) is 32.9 Å². The molecule has 1 aromatic rings. The van der Waals surface area contributed by atoms with Crippen LogP contribution in [0.1, 0.15) is 52.2 Å². The minimum atomic E-state index is -0.403. The first kappa shape index (κ1) is 18.5. The number of benzene rings is 1. The van der Waals surface area contributed by atoms with Gasteiger partial charge >= 0.3 is 11.9 Å². The van der Waals surface area contributed by atoms with Gasteiger partial charge in [-0.3, -0.25) is 9.59 Å². The molecule has 1 saturated heterocycles. The van der Waals surface area contributed by atoms with E-state index in [-0.39, 0.29) is 30.4 Å². The number of hydrogen-bond acceptors (Lipinski definition) is 5. The van der Waals surface area contributed by atoms with Crippen molar-refractivity contribution < 1.29 is 23.8 Å². The molecule has 0 bridgehead atoms. The molecule has 1 aromatic carbocycles. The van der Waals surface area contributed by atoms with Gasteiger partial charge < -0.3 is 14.2 Å². The second-order valence-corrected chi connectivity index (χ2v) is 7.18. The molecule has 1 fully saturated rings. The molecular weight excluding hydrogens is 308 g/mol. The number of ether oxygens (including phenoxy) is 3. The fourth-order valence-electron chi connectivity index (χ4n) is 2.22. The third kappa shape index (κ3) is 4.81. The Labute approximate surface area is 143 Å². The van der Waals surface area contributed by atoms with Gasteiger partial charge in [0.15, 0.2) is 0 Å². The van der Waals surface area contributed by atoms with Gasteiger partial charge in [-0.05, 0) is 24.5 Å². The summed E-state index contributed by atoms with van der Waals surface area (Å²) in [6.45, 7) is 10.2. The Kier molecular flexibility index (Phi) is 5.65. The fraction of sp³-hybridized carbons (Fsp3) is 0.579. The Balaban J connectivity index is 2.13. The molecule has 0 saturated carbocycles. The Bertz CT molecular complexity index is 614. The maximum absolute atomic E-state index is 12.0. The Morgan fingerprint density at radius 3 is 2.46 bits per heavy atom. The van der Waals surface area contributed by atoms with E-state index in [1.54, 1.807) is 19.9 Å². The number of rotatable bonds is 7. The molecule has 0 unspecified atom stereocenters. The summed E-state index contributed by atoms with van der Waals surface area (Å²) in [5.74, 6) is -0.0134. The van der Waals surface area contributed by atoms with Gasteiger partial charge in [-0.1, -0.05) is 39.8 Å². The van der Waals surface area contributed by atoms with Gasteiger partial charge in [-0.25, -0.2) is 0 Å². The van der Waals surface area contributed by atoms with Crippen LogP contribution in [-0.4, -0.2) is 18.5 Å². The van der Waals surface area contributed by atoms with E-state index in [2.05, 4.69) is 0 Å². The third-order valence-electron chi connectivity index (χ3n) is 3.85. The zero-order valence-electron chi connectivity index (χ0n) is 15.0. The zero-order chi connectivity index (χ0) is 17.9. The predicted molar refractivity (Wildman–Crippen MR) is 89.5 cm³/mol. The molecule has 1 atom stereocenters. The lowest BCUT2D eigenvalue weighted by Crippen LogP contribution is -2.17. The van der Waals surface area contributed by atoms with Crippen molar-refractivity contribution in [1.82, 2.24) is 0 Å². The highest BCUT2D eigenvalue weighted by Gasteiger charge is 2.43. The largest absolute Gasteiger partial charge is 0.461 e. The van der Waals surface area contributed by atoms with Crippen molar-refractivity contribution in [1.29, 1.82) is 0 Å². The first-order valence-electron chi connectivity index (χ1n) is 8.36. The summed E-state index contributed by atoms with van der Waals surface area (Å²) in [5, 5.41) is 0. The van der Waals surface area contributed by atoms with Crippen LogP contribution in [0.3, 0.4) is 0 Å². The Morgan fingerprint density at radius 1 is 1.25 bits per heavy atom. The third-order valence-corrected chi connectivity index (χ3v) is 3.85. The summed E-state index contributed by atoms with van der Waals surface area (Å²) >= 11 is 0. The van der Waals surface area contributed by atoms with Gasteiger partial charge in [0.2, 0.25) is 0 Å². The molecular formula is C19H26O5. The number of carbonyl (C=O) groups excluding carboxylic acids is 2. The number of esters is 2. The van der Waals surface area contributed by atoms with E-state index < -0.39 is 5.60 Å². The van der Waals surface area contributed by atoms with Crippen LogP contribution in [0.5, 0.6) is 5.75 Å². The SMILES string of the molecule is CC(C)CC(=O)OCc1ccc([C@]2(C)CO2)c(OC(=O)C(C)C)c1. The number of hydrogen-bond donors (Lipinski definition) is 0. The average molecular weight is 334 g/mol. The van der Waals surface area contributed by atoms with E-state index >= 15 is 0 Å². The summed E-state index contributed by atoms with van der Waals surface area (Å²) in [7, 11) is 0. The summed E-state index contributed by atoms with van der Waals surface area (Å²) < 4.78 is 16.3. The molecule has 0 spiro atoms. The van der Waals surface area contributed by atoms with Crippen LogP contribution in [0.25, 0.3) is 0 Å². The van der Waals surface area contributed by atoms with Crippen LogP contribution in [0, 0.1) is 11.8 Å². The lowest BCUT2D eigenvalue weighted by Gasteiger charge is -2.16. The van der Waals surface area contributed by atoms with Gasteiger partial charge in [0.1, 0.15) is 18.0 Å². The van der Waals surface area contributed by atoms with Crippen LogP contribution in [0.2, 0.25) is 0 Å². The van der Waals surface area contributed by atoms with Gasteiger partial charge in [-0.15, -0.1) is 0 Å². The first-order chi connectivity index (χ1) is 11.2. The molecule has 0 aromatic heterocycles. The molecule has 24 heavy (non-hydrogen) atoms. The minimum absolute atomic E-state index is 0.162. The average Bonchev–Trinajstić information content (AvgIpc) is 3.23. The molecule has 1 aliphatic rings. The van der Waals surface area contributed by atoms with Gasteiger partial charge in [-0.2, -0.15) is 0 Å². The van der Waals surface area contributed by atoms with Crippen LogP contribution in [0.4, 0.5) is 0 Å². The van der Waals surface area contributed by atoms with Crippen LogP contribution >= 0.6 is 0 Å². The molecule has 132 valence electrons. The van der Waals surface area contributed by atoms with Gasteiger partial charge in [0.05, 0.1) is 12.5 Å². The van der Waals surface area contributed by atoms with E-state index in [9.17, 15) is 9.59 Å². The van der Waals surface area contributed by atoms with Crippen molar-refractivity contribution in [3.8, 4) is 5.75 Å². The van der Waals surface area contributed by atoms with Gasteiger partial charge in [0.25, 0.3) is 0 Å². The van der Waals surface area contributed by atoms with Crippen LogP contribution in [-0.2, 0) is 31.3 Å². The van der Waals surface area contributed by atoms with E-state index in [0.717, 1.165) is 11.1 Å². The van der Waals surface area contributed by atoms with E-state index in [0.29, 0.717) is 18.8 Å². The normalized spacial score (nSPS) is 19.5. The number of carbonyl (C=O) groups is 2. The molecule has 0 N–H and O–H groups in total. The van der Waals surface area contributed by atoms with Crippen molar-refractivity contribution in [2.45, 2.75) is 53.2 Å². The minimum Gasteiger partial charge on any atom is -0.461 e. The smallest absolute Gasteiger partial charge is 0.313 e.